The first kappa shape index (κ1) is 44.8. The summed E-state index contributed by atoms with van der Waals surface area (Å²) in [6, 6.07) is 1.47. The predicted octanol–water partition coefficient (Wildman–Crippen LogP) is -10.5. The van der Waals surface area contributed by atoms with Crippen LogP contribution in [0.4, 0.5) is 0 Å². The molecule has 1 radical (unpaired) electrons. The number of aromatic nitrogens is 4. The monoisotopic (exact) mass is 481 g/mol. The van der Waals surface area contributed by atoms with E-state index in [-0.39, 0.29) is 49.6 Å². The number of carboxylic acid groups (broad SMARTS) is 2. The molecule has 2 heterocycles. The zero-order chi connectivity index (χ0) is 16.9. The van der Waals surface area contributed by atoms with Crippen LogP contribution in [-0.4, -0.2) is 42.8 Å². The van der Waals surface area contributed by atoms with Crippen molar-refractivity contribution in [2.45, 2.75) is 0 Å². The Bertz CT molecular complexity index is 810. The number of nitrogens with one attached hydrogen (secondary N) is 4. The molecule has 0 saturated carbocycles. The molecule has 0 aliphatic carbocycles. The van der Waals surface area contributed by atoms with Gasteiger partial charge in [0.05, 0.1) is 23.3 Å². The maximum absolute atomic E-state index is 10.4. The minimum atomic E-state index is -1.59. The maximum Gasteiger partial charge on any atom is 2.00 e. The molecular weight excluding hydrogens is 459 g/mol. The second-order valence-electron chi connectivity index (χ2n) is 3.58. The van der Waals surface area contributed by atoms with Crippen molar-refractivity contribution in [3.63, 3.8) is 0 Å². The number of carbonyl (C=O) groups is 2. The third kappa shape index (κ3) is 15.3. The van der Waals surface area contributed by atoms with Crippen LogP contribution in [0, 0.1) is 0 Å². The topological polar surface area (TPSA) is 407 Å². The summed E-state index contributed by atoms with van der Waals surface area (Å²) in [6.45, 7) is 0. The molecule has 0 amide bonds. The number of aromatic carboxylic acids is 2. The van der Waals surface area contributed by atoms with Gasteiger partial charge in [-0.15, -0.1) is 0 Å². The largest absolute Gasteiger partial charge is 2.00 e. The Balaban J connectivity index is -0.0000000538. The summed E-state index contributed by atoms with van der Waals surface area (Å²) >= 11 is 0. The normalized spacial score (nSPS) is 7.17. The first-order valence-corrected chi connectivity index (χ1v) is 5.29. The molecule has 0 bridgehead atoms. The quantitative estimate of drug-likeness (QED) is 0.297. The van der Waals surface area contributed by atoms with Crippen molar-refractivity contribution in [1.29, 1.82) is 0 Å². The number of hydrogen-bond donors (Lipinski definition) is 4. The second kappa shape index (κ2) is 19.3. The molecule has 0 spiro atoms. The Morgan fingerprint density at radius 1 is 0.621 bits per heavy atom. The van der Waals surface area contributed by atoms with Gasteiger partial charge in [0, 0.05) is 12.1 Å². The van der Waals surface area contributed by atoms with Gasteiger partial charge >= 0.3 is 28.2 Å². The van der Waals surface area contributed by atoms with Crippen molar-refractivity contribution in [3.05, 3.63) is 65.2 Å². The average Bonchev–Trinajstić information content (AvgIpc) is 2.37. The predicted molar refractivity (Wildman–Crippen MR) is 90.7 cm³/mol. The minimum Gasteiger partial charge on any atom is -0.543 e. The number of carboxylic acids is 2. The molecule has 2 aromatic rings. The summed E-state index contributed by atoms with van der Waals surface area (Å²) in [4.78, 5) is 69.2. The van der Waals surface area contributed by atoms with E-state index in [1.165, 1.54) is 0 Å². The molecule has 0 aromatic carbocycles. The van der Waals surface area contributed by atoms with Crippen LogP contribution in [0.2, 0.25) is 0 Å². The van der Waals surface area contributed by atoms with Gasteiger partial charge in [-0.1, -0.05) is 0 Å². The van der Waals surface area contributed by atoms with Crippen LogP contribution in [0.3, 0.4) is 0 Å². The Morgan fingerprint density at radius 3 is 1.03 bits per heavy atom. The second-order valence-corrected chi connectivity index (χ2v) is 3.58. The van der Waals surface area contributed by atoms with E-state index >= 15 is 0 Å². The Labute approximate surface area is 167 Å². The molecule has 0 aliphatic rings. The molecule has 171 valence electrons. The number of H-pyrrole nitrogens is 4. The van der Waals surface area contributed by atoms with Gasteiger partial charge in [0.1, 0.15) is 0 Å². The van der Waals surface area contributed by atoms with E-state index in [0.29, 0.717) is 0 Å². The molecule has 0 fully saturated rings. The minimum absolute atomic E-state index is 0. The van der Waals surface area contributed by atoms with E-state index in [2.05, 4.69) is 0 Å². The molecule has 0 aliphatic heterocycles. The van der Waals surface area contributed by atoms with Crippen LogP contribution >= 0.6 is 0 Å². The zero-order valence-electron chi connectivity index (χ0n) is 14.1. The molecule has 20 N–H and O–H groups in total. The molecule has 2 aromatic heterocycles. The molecule has 2 rings (SSSR count). The number of carbonyl (C=O) groups excluding carboxylic acids is 2. The SMILES string of the molecule is O.O.O=C([O-])c1cc(=O)[nH]c(=O)[nH]1.O=C([O-])c1cc(=O)[nH]c(=O)[nH]1.[Co+2].[OH3+].[OH3+].[OH3+].[OH3+]. The van der Waals surface area contributed by atoms with Gasteiger partial charge in [0.25, 0.3) is 11.1 Å². The van der Waals surface area contributed by atoms with E-state index in [1.807, 2.05) is 19.9 Å². The Morgan fingerprint density at radius 2 is 0.862 bits per heavy atom. The Hall–Kier alpha value is -3.43. The van der Waals surface area contributed by atoms with E-state index in [0.717, 1.165) is 12.1 Å². The summed E-state index contributed by atoms with van der Waals surface area (Å²) in [5.41, 5.74) is -4.33. The number of rotatable bonds is 2. The summed E-state index contributed by atoms with van der Waals surface area (Å²) < 4.78 is 0. The fourth-order valence-electron chi connectivity index (χ4n) is 1.16. The van der Waals surface area contributed by atoms with E-state index < -0.39 is 45.8 Å². The van der Waals surface area contributed by atoms with Crippen molar-refractivity contribution in [2.24, 2.45) is 0 Å². The first-order chi connectivity index (χ1) is 10.2. The molecule has 19 heteroatoms. The maximum atomic E-state index is 10.4. The van der Waals surface area contributed by atoms with Crippen molar-refractivity contribution >= 4 is 11.9 Å². The zero-order valence-corrected chi connectivity index (χ0v) is 15.1. The summed E-state index contributed by atoms with van der Waals surface area (Å²) in [7, 11) is 0. The molecular formula is C10H22CoN4O14+4. The van der Waals surface area contributed by atoms with Crippen LogP contribution in [0.5, 0.6) is 0 Å². The molecule has 0 unspecified atom stereocenters. The van der Waals surface area contributed by atoms with Crippen LogP contribution in [-0.2, 0) is 38.7 Å². The van der Waals surface area contributed by atoms with Crippen molar-refractivity contribution in [2.75, 3.05) is 0 Å². The van der Waals surface area contributed by atoms with E-state index in [9.17, 15) is 39.0 Å². The fraction of sp³-hybridized carbons (Fsp3) is 0. The molecule has 29 heavy (non-hydrogen) atoms. The standard InChI is InChI=1S/2C5H4N2O4.Co.6H2O/c2*8-3-1-2(4(9)10)6-5(11)7-3;;;;;;;/h2*1H,(H,9,10)(H2,6,7,8,11);;6*1H2/q;;+2;;;;;;/p+2. The third-order valence-corrected chi connectivity index (χ3v) is 1.96. The molecule has 0 saturated heterocycles. The smallest absolute Gasteiger partial charge is 0.543 e. The van der Waals surface area contributed by atoms with Crippen LogP contribution in [0.1, 0.15) is 21.0 Å². The van der Waals surface area contributed by atoms with Crippen molar-refractivity contribution in [1.82, 2.24) is 19.9 Å². The van der Waals surface area contributed by atoms with Crippen LogP contribution < -0.4 is 32.7 Å². The van der Waals surface area contributed by atoms with Crippen LogP contribution in [0.25, 0.3) is 0 Å². The van der Waals surface area contributed by atoms with Gasteiger partial charge in [-0.2, -0.15) is 0 Å². The fourth-order valence-corrected chi connectivity index (χ4v) is 1.16. The number of aromatic amines is 4. The van der Waals surface area contributed by atoms with E-state index in [1.54, 1.807) is 0 Å². The van der Waals surface area contributed by atoms with Crippen molar-refractivity contribution < 1.29 is 69.4 Å². The van der Waals surface area contributed by atoms with Gasteiger partial charge in [0.2, 0.25) is 0 Å². The van der Waals surface area contributed by atoms with Gasteiger partial charge in [0.15, 0.2) is 0 Å². The van der Waals surface area contributed by atoms with Gasteiger partial charge in [-0.3, -0.25) is 19.6 Å². The Kier molecular flexibility index (Phi) is 29.8. The summed E-state index contributed by atoms with van der Waals surface area (Å²) in [6.07, 6.45) is 0. The molecule has 18 nitrogen and oxygen atoms in total. The summed E-state index contributed by atoms with van der Waals surface area (Å²) in [5, 5.41) is 20.1. The molecule has 0 atom stereocenters. The first-order valence-electron chi connectivity index (χ1n) is 5.29. The van der Waals surface area contributed by atoms with Gasteiger partial charge < -0.3 is 62.6 Å². The van der Waals surface area contributed by atoms with Crippen LogP contribution in [0.15, 0.2) is 31.3 Å². The average molecular weight is 481 g/mol. The number of hydrogen-bond acceptors (Lipinski definition) is 8. The van der Waals surface area contributed by atoms with E-state index in [4.69, 9.17) is 0 Å². The summed E-state index contributed by atoms with van der Waals surface area (Å²) in [5.74, 6) is -3.18. The van der Waals surface area contributed by atoms with Gasteiger partial charge in [-0.05, 0) is 0 Å². The van der Waals surface area contributed by atoms with Gasteiger partial charge in [-0.25, -0.2) is 9.59 Å². The third-order valence-electron chi connectivity index (χ3n) is 1.96. The van der Waals surface area contributed by atoms with Crippen molar-refractivity contribution in [3.8, 4) is 0 Å².